The van der Waals surface area contributed by atoms with Gasteiger partial charge in [0.25, 0.3) is 0 Å². The molecule has 94 valence electrons. The van der Waals surface area contributed by atoms with Gasteiger partial charge in [-0.1, -0.05) is 11.6 Å². The van der Waals surface area contributed by atoms with Crippen molar-refractivity contribution in [2.75, 3.05) is 5.43 Å². The first-order valence-corrected chi connectivity index (χ1v) is 5.85. The highest BCUT2D eigenvalue weighted by atomic mass is 35.5. The van der Waals surface area contributed by atoms with E-state index in [0.717, 1.165) is 21.9 Å². The maximum Gasteiger partial charge on any atom is 0.143 e. The second-order valence-corrected chi connectivity index (χ2v) is 4.37. The second-order valence-electron chi connectivity index (χ2n) is 3.99. The summed E-state index contributed by atoms with van der Waals surface area (Å²) in [5, 5.41) is 0.765. The molecule has 0 fully saturated rings. The lowest BCUT2D eigenvalue weighted by Crippen LogP contribution is -2.08. The molecule has 0 bridgehead atoms. The first-order valence-electron chi connectivity index (χ1n) is 5.47. The standard InChI is InChI=1S/C13H14ClN3O/c1-8-5-11(6-9(2)13(8)14)18-10-3-4-16-12(7-10)17-15/h3-7H,15H2,1-2H3,(H,16,17). The van der Waals surface area contributed by atoms with E-state index in [9.17, 15) is 0 Å². The van der Waals surface area contributed by atoms with Crippen LogP contribution < -0.4 is 16.0 Å². The summed E-state index contributed by atoms with van der Waals surface area (Å²) >= 11 is 6.11. The number of aryl methyl sites for hydroxylation is 2. The minimum absolute atomic E-state index is 0.551. The predicted molar refractivity (Wildman–Crippen MR) is 73.0 cm³/mol. The van der Waals surface area contributed by atoms with Crippen LogP contribution in [-0.4, -0.2) is 4.98 Å². The zero-order valence-electron chi connectivity index (χ0n) is 10.2. The van der Waals surface area contributed by atoms with Gasteiger partial charge in [0, 0.05) is 17.3 Å². The SMILES string of the molecule is Cc1cc(Oc2ccnc(NN)c2)cc(C)c1Cl. The highest BCUT2D eigenvalue weighted by Crippen LogP contribution is 2.29. The summed E-state index contributed by atoms with van der Waals surface area (Å²) in [6.45, 7) is 3.89. The molecule has 2 aromatic rings. The van der Waals surface area contributed by atoms with Crippen molar-refractivity contribution in [2.24, 2.45) is 5.84 Å². The lowest BCUT2D eigenvalue weighted by atomic mass is 10.1. The van der Waals surface area contributed by atoms with Gasteiger partial charge >= 0.3 is 0 Å². The summed E-state index contributed by atoms with van der Waals surface area (Å²) in [4.78, 5) is 4.01. The van der Waals surface area contributed by atoms with Crippen LogP contribution in [0.2, 0.25) is 5.02 Å². The number of anilines is 1. The minimum Gasteiger partial charge on any atom is -0.457 e. The maximum absolute atomic E-state index is 6.11. The lowest BCUT2D eigenvalue weighted by molar-refractivity contribution is 0.481. The number of benzene rings is 1. The van der Waals surface area contributed by atoms with Crippen LogP contribution in [-0.2, 0) is 0 Å². The molecule has 5 heteroatoms. The molecule has 4 nitrogen and oxygen atoms in total. The molecule has 18 heavy (non-hydrogen) atoms. The Balaban J connectivity index is 2.28. The number of hydrogen-bond donors (Lipinski definition) is 2. The maximum atomic E-state index is 6.11. The quantitative estimate of drug-likeness (QED) is 0.658. The predicted octanol–water partition coefficient (Wildman–Crippen LogP) is 3.43. The van der Waals surface area contributed by atoms with Crippen LogP contribution in [0.1, 0.15) is 11.1 Å². The minimum atomic E-state index is 0.551. The Kier molecular flexibility index (Phi) is 3.69. The fraction of sp³-hybridized carbons (Fsp3) is 0.154. The van der Waals surface area contributed by atoms with Crippen LogP contribution in [0.25, 0.3) is 0 Å². The molecule has 1 aromatic carbocycles. The Hall–Kier alpha value is -1.78. The topological polar surface area (TPSA) is 60.2 Å². The van der Waals surface area contributed by atoms with Gasteiger partial charge in [-0.3, -0.25) is 0 Å². The molecule has 1 heterocycles. The molecular formula is C13H14ClN3O. The van der Waals surface area contributed by atoms with E-state index in [1.54, 1.807) is 18.3 Å². The van der Waals surface area contributed by atoms with Crippen molar-refractivity contribution < 1.29 is 4.74 Å². The molecule has 3 N–H and O–H groups in total. The van der Waals surface area contributed by atoms with E-state index in [2.05, 4.69) is 10.4 Å². The Morgan fingerprint density at radius 3 is 2.44 bits per heavy atom. The second kappa shape index (κ2) is 5.25. The third kappa shape index (κ3) is 2.72. The van der Waals surface area contributed by atoms with E-state index in [-0.39, 0.29) is 0 Å². The number of rotatable bonds is 3. The number of nitrogens with zero attached hydrogens (tertiary/aromatic N) is 1. The molecule has 2 rings (SSSR count). The van der Waals surface area contributed by atoms with E-state index >= 15 is 0 Å². The summed E-state index contributed by atoms with van der Waals surface area (Å²) < 4.78 is 5.74. The summed E-state index contributed by atoms with van der Waals surface area (Å²) in [6.07, 6.45) is 1.63. The number of hydrazine groups is 1. The molecule has 0 aliphatic carbocycles. The molecule has 0 saturated carbocycles. The smallest absolute Gasteiger partial charge is 0.143 e. The Morgan fingerprint density at radius 2 is 1.83 bits per heavy atom. The molecule has 0 radical (unpaired) electrons. The summed E-state index contributed by atoms with van der Waals surface area (Å²) in [6, 6.07) is 7.27. The summed E-state index contributed by atoms with van der Waals surface area (Å²) in [5.74, 6) is 7.25. The van der Waals surface area contributed by atoms with Crippen LogP contribution in [0.5, 0.6) is 11.5 Å². The highest BCUT2D eigenvalue weighted by Gasteiger charge is 2.05. The van der Waals surface area contributed by atoms with Gasteiger partial charge in [0.15, 0.2) is 0 Å². The van der Waals surface area contributed by atoms with E-state index < -0.39 is 0 Å². The van der Waals surface area contributed by atoms with Gasteiger partial charge in [0.2, 0.25) is 0 Å². The third-order valence-corrected chi connectivity index (χ3v) is 3.12. The average molecular weight is 264 g/mol. The van der Waals surface area contributed by atoms with Crippen LogP contribution in [0, 0.1) is 13.8 Å². The molecule has 0 spiro atoms. The zero-order chi connectivity index (χ0) is 13.1. The molecular weight excluding hydrogens is 250 g/mol. The monoisotopic (exact) mass is 263 g/mol. The van der Waals surface area contributed by atoms with Crippen molar-refractivity contribution in [3.8, 4) is 11.5 Å². The fourth-order valence-corrected chi connectivity index (χ4v) is 1.76. The van der Waals surface area contributed by atoms with Gasteiger partial charge in [0.1, 0.15) is 17.3 Å². The van der Waals surface area contributed by atoms with Gasteiger partial charge in [-0.05, 0) is 43.2 Å². The van der Waals surface area contributed by atoms with E-state index in [0.29, 0.717) is 11.6 Å². The van der Waals surface area contributed by atoms with Gasteiger partial charge in [-0.25, -0.2) is 10.8 Å². The molecule has 0 amide bonds. The Morgan fingerprint density at radius 1 is 1.17 bits per heavy atom. The van der Waals surface area contributed by atoms with Gasteiger partial charge in [-0.15, -0.1) is 0 Å². The number of nitrogens with one attached hydrogen (secondary N) is 1. The normalized spacial score (nSPS) is 10.2. The number of nitrogen functional groups attached to an aromatic ring is 1. The van der Waals surface area contributed by atoms with Crippen molar-refractivity contribution >= 4 is 17.4 Å². The highest BCUT2D eigenvalue weighted by molar-refractivity contribution is 6.32. The molecule has 0 aliphatic rings. The Labute approximate surface area is 111 Å². The van der Waals surface area contributed by atoms with E-state index in [4.69, 9.17) is 22.2 Å². The van der Waals surface area contributed by atoms with Gasteiger partial charge < -0.3 is 10.2 Å². The summed E-state index contributed by atoms with van der Waals surface area (Å²) in [7, 11) is 0. The number of pyridine rings is 1. The van der Waals surface area contributed by atoms with E-state index in [1.165, 1.54) is 0 Å². The Bertz CT molecular complexity index is 549. The largest absolute Gasteiger partial charge is 0.457 e. The van der Waals surface area contributed by atoms with Crippen LogP contribution >= 0.6 is 11.6 Å². The van der Waals surface area contributed by atoms with Crippen molar-refractivity contribution in [2.45, 2.75) is 13.8 Å². The van der Waals surface area contributed by atoms with Crippen molar-refractivity contribution in [1.29, 1.82) is 0 Å². The van der Waals surface area contributed by atoms with Crippen molar-refractivity contribution in [3.05, 3.63) is 46.6 Å². The zero-order valence-corrected chi connectivity index (χ0v) is 11.0. The van der Waals surface area contributed by atoms with Gasteiger partial charge in [0.05, 0.1) is 0 Å². The molecule has 0 unspecified atom stereocenters. The first-order chi connectivity index (χ1) is 8.60. The number of aromatic nitrogens is 1. The number of hydrogen-bond acceptors (Lipinski definition) is 4. The fourth-order valence-electron chi connectivity index (χ4n) is 1.65. The number of nitrogens with two attached hydrogens (primary N) is 1. The number of halogens is 1. The van der Waals surface area contributed by atoms with Crippen molar-refractivity contribution in [3.63, 3.8) is 0 Å². The molecule has 0 aliphatic heterocycles. The summed E-state index contributed by atoms with van der Waals surface area (Å²) in [5.41, 5.74) is 4.44. The van der Waals surface area contributed by atoms with Crippen LogP contribution in [0.4, 0.5) is 5.82 Å². The third-order valence-electron chi connectivity index (χ3n) is 2.52. The molecule has 0 atom stereocenters. The van der Waals surface area contributed by atoms with E-state index in [1.807, 2.05) is 26.0 Å². The van der Waals surface area contributed by atoms with Crippen molar-refractivity contribution in [1.82, 2.24) is 4.98 Å². The van der Waals surface area contributed by atoms with Gasteiger partial charge in [-0.2, -0.15) is 0 Å². The molecule has 1 aromatic heterocycles. The first kappa shape index (κ1) is 12.7. The number of ether oxygens (including phenoxy) is 1. The lowest BCUT2D eigenvalue weighted by Gasteiger charge is -2.10. The molecule has 0 saturated heterocycles. The van der Waals surface area contributed by atoms with Crippen LogP contribution in [0.15, 0.2) is 30.5 Å². The average Bonchev–Trinajstić information content (AvgIpc) is 2.36. The van der Waals surface area contributed by atoms with Crippen LogP contribution in [0.3, 0.4) is 0 Å².